The molecule has 0 aromatic heterocycles. The average Bonchev–Trinajstić information content (AvgIpc) is 3.53. The van der Waals surface area contributed by atoms with Crippen molar-refractivity contribution in [2.45, 2.75) is 158 Å². The quantitative estimate of drug-likeness (QED) is 0.0417. The number of carbonyl (C=O) groups excluding carboxylic acids is 2. The van der Waals surface area contributed by atoms with Crippen LogP contribution in [-0.2, 0) is 96.4 Å². The summed E-state index contributed by atoms with van der Waals surface area (Å²) >= 11 is 0. The third-order valence-corrected chi connectivity index (χ3v) is 14.7. The number of ether oxygens (including phenoxy) is 10. The van der Waals surface area contributed by atoms with E-state index in [2.05, 4.69) is 5.32 Å². The molecule has 1 amide bonds. The van der Waals surface area contributed by atoms with Gasteiger partial charge in [0.1, 0.15) is 49.3 Å². The Morgan fingerprint density at radius 3 is 1.50 bits per heavy atom. The van der Waals surface area contributed by atoms with E-state index in [1.54, 1.807) is 0 Å². The smallest absolute Gasteiger partial charge is 0.337 e. The Balaban J connectivity index is 0.954. The van der Waals surface area contributed by atoms with Crippen LogP contribution < -0.4 is 5.32 Å². The Hall–Kier alpha value is -6.18. The molecule has 2 saturated heterocycles. The van der Waals surface area contributed by atoms with Crippen molar-refractivity contribution >= 4 is 11.9 Å². The Labute approximate surface area is 469 Å². The van der Waals surface area contributed by atoms with Crippen LogP contribution in [0.2, 0.25) is 0 Å². The Morgan fingerprint density at radius 1 is 0.525 bits per heavy atom. The molecular formula is C65H75NO14. The van der Waals surface area contributed by atoms with Gasteiger partial charge in [0, 0.05) is 6.42 Å². The number of rotatable bonds is 27. The largest absolute Gasteiger partial charge is 0.459 e. The maximum Gasteiger partial charge on any atom is 0.337 e. The SMILES string of the molecule is CC1OC(OC2CCCCC2OC2OC(COCc3ccccc3)C(O)C(O[C@@H](CNC(=O)CCc3ccccc3)C(=O)OCc3ccccc3)C2O)C(OCc2ccccc2)C(OCc2ccccc2)C1OCc1ccccc1. The Kier molecular flexibility index (Phi) is 22.4. The van der Waals surface area contributed by atoms with Crippen molar-refractivity contribution in [2.24, 2.45) is 0 Å². The lowest BCUT2D eigenvalue weighted by molar-refractivity contribution is -0.353. The fourth-order valence-corrected chi connectivity index (χ4v) is 10.3. The van der Waals surface area contributed by atoms with E-state index in [-0.39, 0.29) is 51.9 Å². The molecule has 3 fully saturated rings. The molecule has 0 bridgehead atoms. The molecule has 15 nitrogen and oxygen atoms in total. The fourth-order valence-electron chi connectivity index (χ4n) is 10.3. The van der Waals surface area contributed by atoms with Crippen LogP contribution >= 0.6 is 0 Å². The summed E-state index contributed by atoms with van der Waals surface area (Å²) in [5, 5.41) is 27.3. The number of carbonyl (C=O) groups is 2. The molecule has 15 heteroatoms. The second-order valence-electron chi connectivity index (χ2n) is 20.6. The van der Waals surface area contributed by atoms with Gasteiger partial charge in [-0.25, -0.2) is 4.79 Å². The summed E-state index contributed by atoms with van der Waals surface area (Å²) in [5.74, 6) is -1.13. The summed E-state index contributed by atoms with van der Waals surface area (Å²) in [6, 6.07) is 58.1. The highest BCUT2D eigenvalue weighted by Crippen LogP contribution is 2.36. The third kappa shape index (κ3) is 17.2. The van der Waals surface area contributed by atoms with E-state index in [9.17, 15) is 19.8 Å². The predicted octanol–water partition coefficient (Wildman–Crippen LogP) is 8.74. The Bertz CT molecular complexity index is 2710. The minimum Gasteiger partial charge on any atom is -0.459 e. The number of benzene rings is 6. The first kappa shape index (κ1) is 58.5. The van der Waals surface area contributed by atoms with Crippen molar-refractivity contribution in [1.82, 2.24) is 5.32 Å². The molecule has 13 atom stereocenters. The first-order valence-corrected chi connectivity index (χ1v) is 28.0. The van der Waals surface area contributed by atoms with Gasteiger partial charge in [0.25, 0.3) is 0 Å². The molecule has 2 aliphatic heterocycles. The van der Waals surface area contributed by atoms with E-state index in [1.807, 2.05) is 189 Å². The lowest BCUT2D eigenvalue weighted by atomic mass is 9.93. The molecule has 80 heavy (non-hydrogen) atoms. The van der Waals surface area contributed by atoms with E-state index in [0.717, 1.165) is 46.2 Å². The first-order chi connectivity index (χ1) is 39.2. The molecule has 12 unspecified atom stereocenters. The highest BCUT2D eigenvalue weighted by atomic mass is 16.7. The first-order valence-electron chi connectivity index (χ1n) is 28.0. The van der Waals surface area contributed by atoms with E-state index >= 15 is 0 Å². The molecule has 2 heterocycles. The summed E-state index contributed by atoms with van der Waals surface area (Å²) < 4.78 is 66.0. The summed E-state index contributed by atoms with van der Waals surface area (Å²) in [7, 11) is 0. The van der Waals surface area contributed by atoms with Gasteiger partial charge in [-0.15, -0.1) is 0 Å². The van der Waals surface area contributed by atoms with Crippen LogP contribution in [0.5, 0.6) is 0 Å². The van der Waals surface area contributed by atoms with Crippen LogP contribution in [0.1, 0.15) is 72.4 Å². The zero-order valence-corrected chi connectivity index (χ0v) is 45.3. The highest BCUT2D eigenvalue weighted by Gasteiger charge is 2.51. The third-order valence-electron chi connectivity index (χ3n) is 14.7. The number of amides is 1. The topological polar surface area (TPSA) is 179 Å². The van der Waals surface area contributed by atoms with E-state index in [1.165, 1.54) is 0 Å². The number of nitrogens with one attached hydrogen (secondary N) is 1. The van der Waals surface area contributed by atoms with E-state index in [4.69, 9.17) is 47.4 Å². The molecule has 0 spiro atoms. The van der Waals surface area contributed by atoms with Crippen molar-refractivity contribution in [3.05, 3.63) is 215 Å². The molecule has 424 valence electrons. The molecule has 6 aromatic rings. The molecule has 9 rings (SSSR count). The molecule has 1 saturated carbocycles. The highest BCUT2D eigenvalue weighted by molar-refractivity contribution is 5.79. The van der Waals surface area contributed by atoms with Crippen molar-refractivity contribution in [1.29, 1.82) is 0 Å². The predicted molar refractivity (Wildman–Crippen MR) is 297 cm³/mol. The molecule has 6 aromatic carbocycles. The summed E-state index contributed by atoms with van der Waals surface area (Å²) in [4.78, 5) is 27.4. The van der Waals surface area contributed by atoms with Gasteiger partial charge in [-0.05, 0) is 59.6 Å². The normalized spacial score (nSPS) is 26.2. The minimum absolute atomic E-state index is 0.0754. The zero-order valence-electron chi connectivity index (χ0n) is 45.3. The summed E-state index contributed by atoms with van der Waals surface area (Å²) in [6.07, 6.45) is -10.0. The van der Waals surface area contributed by atoms with Crippen molar-refractivity contribution < 1.29 is 67.2 Å². The molecule has 3 aliphatic rings. The van der Waals surface area contributed by atoms with Gasteiger partial charge in [0.05, 0.1) is 57.9 Å². The monoisotopic (exact) mass is 1090 g/mol. The number of esters is 1. The van der Waals surface area contributed by atoms with Gasteiger partial charge in [0.2, 0.25) is 5.91 Å². The van der Waals surface area contributed by atoms with E-state index < -0.39 is 85.7 Å². The van der Waals surface area contributed by atoms with Gasteiger partial charge in [-0.3, -0.25) is 4.79 Å². The van der Waals surface area contributed by atoms with Crippen LogP contribution in [0.4, 0.5) is 0 Å². The minimum atomic E-state index is -1.65. The van der Waals surface area contributed by atoms with Gasteiger partial charge in [0.15, 0.2) is 18.7 Å². The van der Waals surface area contributed by atoms with Crippen LogP contribution in [-0.4, -0.2) is 115 Å². The maximum absolute atomic E-state index is 14.1. The van der Waals surface area contributed by atoms with Crippen molar-refractivity contribution in [2.75, 3.05) is 13.2 Å². The van der Waals surface area contributed by atoms with Crippen molar-refractivity contribution in [3.63, 3.8) is 0 Å². The van der Waals surface area contributed by atoms with Crippen LogP contribution in [0.15, 0.2) is 182 Å². The summed E-state index contributed by atoms with van der Waals surface area (Å²) in [6.45, 7) is 2.49. The fraction of sp³-hybridized carbons (Fsp3) is 0.415. The van der Waals surface area contributed by atoms with Crippen molar-refractivity contribution in [3.8, 4) is 0 Å². The molecule has 1 aliphatic carbocycles. The maximum atomic E-state index is 14.1. The van der Waals surface area contributed by atoms with Gasteiger partial charge in [-0.2, -0.15) is 0 Å². The second-order valence-corrected chi connectivity index (χ2v) is 20.6. The zero-order chi connectivity index (χ0) is 55.3. The van der Waals surface area contributed by atoms with Gasteiger partial charge in [-0.1, -0.05) is 195 Å². The standard InChI is InChI=1S/C65H75NO14/c1-45-59(72-40-48-26-12-4-13-27-48)61(73-41-49-28-14-5-15-29-49)62(74-42-50-30-16-6-17-31-50)65(76-45)79-53-35-21-20-34-52(53)78-64-58(69)60(57(68)55(80-64)44-71-39-47-24-10-3-11-25-47)77-54(63(70)75-43-51-32-18-7-19-33-51)38-66-56(67)37-36-46-22-8-2-9-23-46/h2-19,22-33,45,52-55,57-62,64-65,68-69H,20-21,34-44H2,1H3,(H,66,67)/t45?,52?,53?,54-,55?,57?,58?,59?,60?,61?,62?,64?,65?/m0/s1. The number of hydrogen-bond donors (Lipinski definition) is 3. The number of aliphatic hydroxyl groups is 2. The van der Waals surface area contributed by atoms with Crippen LogP contribution in [0.25, 0.3) is 0 Å². The average molecular weight is 1090 g/mol. The van der Waals surface area contributed by atoms with E-state index in [0.29, 0.717) is 25.9 Å². The second kappa shape index (κ2) is 30.6. The molecular weight excluding hydrogens is 1020 g/mol. The molecule has 0 radical (unpaired) electrons. The lowest BCUT2D eigenvalue weighted by Gasteiger charge is -2.47. The van der Waals surface area contributed by atoms with Crippen LogP contribution in [0.3, 0.4) is 0 Å². The number of aliphatic hydroxyl groups excluding tert-OH is 2. The number of aryl methyl sites for hydroxylation is 1. The van der Waals surface area contributed by atoms with Gasteiger partial charge < -0.3 is 62.9 Å². The summed E-state index contributed by atoms with van der Waals surface area (Å²) in [5.41, 5.74) is 5.55. The number of hydrogen-bond acceptors (Lipinski definition) is 14. The van der Waals surface area contributed by atoms with Gasteiger partial charge >= 0.3 is 5.97 Å². The molecule has 3 N–H and O–H groups in total. The Morgan fingerprint density at radius 2 is 0.975 bits per heavy atom. The lowest BCUT2D eigenvalue weighted by Crippen LogP contribution is -2.63. The van der Waals surface area contributed by atoms with Crippen LogP contribution in [0, 0.1) is 0 Å².